The van der Waals surface area contributed by atoms with E-state index in [2.05, 4.69) is 19.8 Å². The number of likely N-dealkylation sites (tertiary alicyclic amines) is 1. The number of hydrogen-bond acceptors (Lipinski definition) is 5. The van der Waals surface area contributed by atoms with Crippen molar-refractivity contribution >= 4 is 10.0 Å². The Kier molecular flexibility index (Phi) is 4.74. The second-order valence-electron chi connectivity index (χ2n) is 5.90. The van der Waals surface area contributed by atoms with E-state index < -0.39 is 10.0 Å². The van der Waals surface area contributed by atoms with Crippen molar-refractivity contribution in [1.82, 2.24) is 24.6 Å². The molecule has 0 amide bonds. The number of nitrogens with one attached hydrogen (secondary N) is 1. The molecule has 2 aromatic rings. The second kappa shape index (κ2) is 6.77. The van der Waals surface area contributed by atoms with Crippen molar-refractivity contribution in [2.24, 2.45) is 0 Å². The largest absolute Gasteiger partial charge is 0.297 e. The maximum Gasteiger partial charge on any atom is 0.208 e. The molecule has 0 spiro atoms. The Morgan fingerprint density at radius 1 is 1.22 bits per heavy atom. The highest BCUT2D eigenvalue weighted by atomic mass is 32.2. The van der Waals surface area contributed by atoms with Gasteiger partial charge in [-0.25, -0.2) is 13.1 Å². The van der Waals surface area contributed by atoms with E-state index in [9.17, 15) is 8.42 Å². The zero-order valence-corrected chi connectivity index (χ0v) is 13.9. The van der Waals surface area contributed by atoms with E-state index in [1.807, 2.05) is 30.3 Å². The summed E-state index contributed by atoms with van der Waals surface area (Å²) in [6.45, 7) is 2.44. The molecule has 0 radical (unpaired) electrons. The minimum Gasteiger partial charge on any atom is -0.297 e. The quantitative estimate of drug-likeness (QED) is 0.873. The Morgan fingerprint density at radius 3 is 2.57 bits per heavy atom. The van der Waals surface area contributed by atoms with Crippen LogP contribution >= 0.6 is 0 Å². The molecule has 7 nitrogen and oxygen atoms in total. The van der Waals surface area contributed by atoms with Gasteiger partial charge in [0.1, 0.15) is 0 Å². The van der Waals surface area contributed by atoms with Crippen molar-refractivity contribution in [3.05, 3.63) is 42.2 Å². The van der Waals surface area contributed by atoms with Gasteiger partial charge in [-0.2, -0.15) is 15.0 Å². The van der Waals surface area contributed by atoms with Crippen molar-refractivity contribution in [2.45, 2.75) is 25.4 Å². The molecule has 0 atom stereocenters. The summed E-state index contributed by atoms with van der Waals surface area (Å²) >= 11 is 0. The number of benzene rings is 1. The van der Waals surface area contributed by atoms with E-state index in [1.54, 1.807) is 11.0 Å². The minimum atomic E-state index is -3.12. The standard InChI is InChI=1S/C15H21N5O2S/c1-23(21,22)18-13-7-9-19(10-8-13)12-14-11-16-20(17-14)15-5-3-2-4-6-15/h2-6,11,13,18H,7-10,12H2,1H3. The van der Waals surface area contributed by atoms with Gasteiger partial charge in [-0.3, -0.25) is 4.90 Å². The van der Waals surface area contributed by atoms with Crippen molar-refractivity contribution in [2.75, 3.05) is 19.3 Å². The monoisotopic (exact) mass is 335 g/mol. The highest BCUT2D eigenvalue weighted by Crippen LogP contribution is 2.14. The number of piperidine rings is 1. The van der Waals surface area contributed by atoms with E-state index in [-0.39, 0.29) is 6.04 Å². The molecule has 1 N–H and O–H groups in total. The first-order chi connectivity index (χ1) is 11.0. The highest BCUT2D eigenvalue weighted by Gasteiger charge is 2.22. The molecule has 1 aliphatic rings. The topological polar surface area (TPSA) is 80.1 Å². The van der Waals surface area contributed by atoms with Crippen LogP contribution in [-0.2, 0) is 16.6 Å². The zero-order chi connectivity index (χ0) is 16.3. The molecule has 1 saturated heterocycles. The summed E-state index contributed by atoms with van der Waals surface area (Å²) in [6, 6.07) is 9.85. The molecular weight excluding hydrogens is 314 g/mol. The predicted molar refractivity (Wildman–Crippen MR) is 87.6 cm³/mol. The molecular formula is C15H21N5O2S. The van der Waals surface area contributed by atoms with Gasteiger partial charge in [-0.15, -0.1) is 0 Å². The number of rotatable bonds is 5. The van der Waals surface area contributed by atoms with Gasteiger partial charge in [0.15, 0.2) is 0 Å². The second-order valence-corrected chi connectivity index (χ2v) is 7.68. The average Bonchev–Trinajstić information content (AvgIpc) is 2.97. The van der Waals surface area contributed by atoms with Crippen LogP contribution in [0.3, 0.4) is 0 Å². The summed E-state index contributed by atoms with van der Waals surface area (Å²) < 4.78 is 25.2. The zero-order valence-electron chi connectivity index (χ0n) is 13.1. The van der Waals surface area contributed by atoms with E-state index >= 15 is 0 Å². The van der Waals surface area contributed by atoms with Crippen LogP contribution in [0, 0.1) is 0 Å². The molecule has 1 aromatic heterocycles. The molecule has 2 heterocycles. The van der Waals surface area contributed by atoms with E-state index in [0.29, 0.717) is 0 Å². The fourth-order valence-corrected chi connectivity index (χ4v) is 3.63. The van der Waals surface area contributed by atoms with Gasteiger partial charge < -0.3 is 0 Å². The smallest absolute Gasteiger partial charge is 0.208 e. The normalized spacial score (nSPS) is 17.4. The molecule has 0 bridgehead atoms. The Labute approximate surface area is 136 Å². The van der Waals surface area contributed by atoms with E-state index in [0.717, 1.165) is 43.9 Å². The number of sulfonamides is 1. The summed E-state index contributed by atoms with van der Waals surface area (Å²) in [4.78, 5) is 3.91. The molecule has 0 saturated carbocycles. The first-order valence-electron chi connectivity index (χ1n) is 7.66. The maximum atomic E-state index is 11.3. The van der Waals surface area contributed by atoms with E-state index in [1.165, 1.54) is 6.26 Å². The third-order valence-corrected chi connectivity index (χ3v) is 4.64. The van der Waals surface area contributed by atoms with Crippen LogP contribution in [0.25, 0.3) is 5.69 Å². The molecule has 0 unspecified atom stereocenters. The fraction of sp³-hybridized carbons (Fsp3) is 0.467. The number of para-hydroxylation sites is 1. The molecule has 23 heavy (non-hydrogen) atoms. The number of nitrogens with zero attached hydrogens (tertiary/aromatic N) is 4. The first kappa shape index (κ1) is 16.1. The van der Waals surface area contributed by atoms with Gasteiger partial charge in [0, 0.05) is 25.7 Å². The van der Waals surface area contributed by atoms with Crippen molar-refractivity contribution in [3.8, 4) is 5.69 Å². The van der Waals surface area contributed by atoms with Gasteiger partial charge in [0.2, 0.25) is 10.0 Å². The molecule has 1 fully saturated rings. The molecule has 1 aromatic carbocycles. The summed E-state index contributed by atoms with van der Waals surface area (Å²) in [6.07, 6.45) is 4.63. The van der Waals surface area contributed by atoms with Gasteiger partial charge in [-0.1, -0.05) is 18.2 Å². The maximum absolute atomic E-state index is 11.3. The van der Waals surface area contributed by atoms with Crippen molar-refractivity contribution < 1.29 is 8.42 Å². The van der Waals surface area contributed by atoms with Crippen LogP contribution < -0.4 is 4.72 Å². The predicted octanol–water partition coefficient (Wildman–Crippen LogP) is 0.781. The molecule has 0 aliphatic carbocycles. The lowest BCUT2D eigenvalue weighted by Crippen LogP contribution is -2.44. The Balaban J connectivity index is 1.54. The lowest BCUT2D eigenvalue weighted by atomic mass is 10.1. The van der Waals surface area contributed by atoms with Crippen LogP contribution in [-0.4, -0.2) is 53.7 Å². The van der Waals surface area contributed by atoms with Gasteiger partial charge in [0.05, 0.1) is 23.8 Å². The number of aromatic nitrogens is 3. The molecule has 8 heteroatoms. The molecule has 124 valence electrons. The van der Waals surface area contributed by atoms with Crippen LogP contribution in [0.5, 0.6) is 0 Å². The molecule has 3 rings (SSSR count). The SMILES string of the molecule is CS(=O)(=O)NC1CCN(Cc2cnn(-c3ccccc3)n2)CC1. The van der Waals surface area contributed by atoms with E-state index in [4.69, 9.17) is 0 Å². The molecule has 1 aliphatic heterocycles. The summed E-state index contributed by atoms with van der Waals surface area (Å²) in [5.74, 6) is 0. The minimum absolute atomic E-state index is 0.0428. The third kappa shape index (κ3) is 4.60. The summed E-state index contributed by atoms with van der Waals surface area (Å²) in [5.41, 5.74) is 1.86. The van der Waals surface area contributed by atoms with Gasteiger partial charge in [-0.05, 0) is 25.0 Å². The Bertz CT molecular complexity index is 736. The summed E-state index contributed by atoms with van der Waals surface area (Å²) in [7, 11) is -3.12. The highest BCUT2D eigenvalue weighted by molar-refractivity contribution is 7.88. The van der Waals surface area contributed by atoms with Crippen LogP contribution in [0.2, 0.25) is 0 Å². The Morgan fingerprint density at radius 2 is 1.91 bits per heavy atom. The number of hydrogen-bond donors (Lipinski definition) is 1. The van der Waals surface area contributed by atoms with Crippen LogP contribution in [0.15, 0.2) is 36.5 Å². The first-order valence-corrected chi connectivity index (χ1v) is 9.55. The summed E-state index contributed by atoms with van der Waals surface area (Å²) in [5, 5.41) is 8.81. The lowest BCUT2D eigenvalue weighted by molar-refractivity contribution is 0.198. The van der Waals surface area contributed by atoms with Crippen molar-refractivity contribution in [1.29, 1.82) is 0 Å². The van der Waals surface area contributed by atoms with Gasteiger partial charge in [0.25, 0.3) is 0 Å². The average molecular weight is 335 g/mol. The fourth-order valence-electron chi connectivity index (χ4n) is 2.79. The lowest BCUT2D eigenvalue weighted by Gasteiger charge is -2.31. The van der Waals surface area contributed by atoms with Crippen LogP contribution in [0.4, 0.5) is 0 Å². The van der Waals surface area contributed by atoms with Gasteiger partial charge >= 0.3 is 0 Å². The third-order valence-electron chi connectivity index (χ3n) is 3.88. The van der Waals surface area contributed by atoms with Crippen LogP contribution in [0.1, 0.15) is 18.5 Å². The Hall–Kier alpha value is -1.77. The van der Waals surface area contributed by atoms with Crippen molar-refractivity contribution in [3.63, 3.8) is 0 Å².